The highest BCUT2D eigenvalue weighted by Crippen LogP contribution is 2.68. The highest BCUT2D eigenvalue weighted by molar-refractivity contribution is 8.14. The standard InChI is InChI=1S/C11H27OPSSi/c1-10(2,3)13(14,11(4,5)6)12-15(7,8)9/h1-9H3. The third kappa shape index (κ3) is 3.96. The lowest BCUT2D eigenvalue weighted by atomic mass is 10.2. The first-order valence-corrected chi connectivity index (χ1v) is 11.6. The largest absolute Gasteiger partial charge is 0.389 e. The maximum Gasteiger partial charge on any atom is 0.189 e. The van der Waals surface area contributed by atoms with E-state index < -0.39 is 14.6 Å². The Kier molecular flexibility index (Phi) is 4.48. The molecule has 0 saturated carbocycles. The zero-order chi connectivity index (χ0) is 12.7. The van der Waals surface area contributed by atoms with E-state index in [-0.39, 0.29) is 10.3 Å². The summed E-state index contributed by atoms with van der Waals surface area (Å²) in [6.07, 6.45) is -1.81. The number of hydrogen-bond acceptors (Lipinski definition) is 2. The fourth-order valence-electron chi connectivity index (χ4n) is 1.67. The zero-order valence-corrected chi connectivity index (χ0v) is 14.5. The molecule has 1 nitrogen and oxygen atoms in total. The van der Waals surface area contributed by atoms with Gasteiger partial charge in [-0.2, -0.15) is 0 Å². The second-order valence-corrected chi connectivity index (χ2v) is 17.4. The Balaban J connectivity index is 5.37. The molecule has 0 aromatic carbocycles. The Hall–Kier alpha value is 0.827. The van der Waals surface area contributed by atoms with Gasteiger partial charge in [0.2, 0.25) is 0 Å². The SMILES string of the molecule is CC(C)(C)P(=S)(O[Si](C)(C)C)C(C)(C)C. The monoisotopic (exact) mass is 266 g/mol. The van der Waals surface area contributed by atoms with Gasteiger partial charge in [-0.1, -0.05) is 53.3 Å². The Morgan fingerprint density at radius 3 is 1.20 bits per heavy atom. The molecule has 92 valence electrons. The second-order valence-electron chi connectivity index (χ2n) is 7.10. The van der Waals surface area contributed by atoms with Crippen molar-refractivity contribution >= 4 is 26.4 Å². The number of rotatable bonds is 2. The van der Waals surface area contributed by atoms with Crippen LogP contribution in [0, 0.1) is 0 Å². The van der Waals surface area contributed by atoms with Gasteiger partial charge in [0, 0.05) is 10.3 Å². The molecular weight excluding hydrogens is 239 g/mol. The summed E-state index contributed by atoms with van der Waals surface area (Å²) in [5.74, 6) is 0. The average Bonchev–Trinajstić information content (AvgIpc) is 1.77. The number of hydrogen-bond donors (Lipinski definition) is 0. The van der Waals surface area contributed by atoms with Gasteiger partial charge < -0.3 is 4.21 Å². The predicted molar refractivity (Wildman–Crippen MR) is 78.2 cm³/mol. The first-order chi connectivity index (χ1) is 6.21. The molecule has 0 aliphatic rings. The summed E-state index contributed by atoms with van der Waals surface area (Å²) in [6, 6.07) is 0. The molecule has 0 aromatic rings. The molecule has 0 fully saturated rings. The van der Waals surface area contributed by atoms with E-state index in [1.807, 2.05) is 0 Å². The van der Waals surface area contributed by atoms with Crippen LogP contribution >= 0.6 is 6.26 Å². The molecular formula is C11H27OPSSi. The van der Waals surface area contributed by atoms with Crippen LogP contribution in [-0.4, -0.2) is 18.6 Å². The van der Waals surface area contributed by atoms with Crippen LogP contribution in [0.1, 0.15) is 41.5 Å². The Labute approximate surface area is 102 Å². The molecule has 0 radical (unpaired) electrons. The molecule has 0 spiro atoms. The summed E-state index contributed by atoms with van der Waals surface area (Å²) in [7, 11) is -1.57. The van der Waals surface area contributed by atoms with Gasteiger partial charge in [-0.15, -0.1) is 0 Å². The molecule has 0 aliphatic carbocycles. The molecule has 0 N–H and O–H groups in total. The summed E-state index contributed by atoms with van der Waals surface area (Å²) in [5, 5.41) is 0.168. The lowest BCUT2D eigenvalue weighted by molar-refractivity contribution is 0.530. The van der Waals surface area contributed by atoms with E-state index in [1.54, 1.807) is 0 Å². The first-order valence-electron chi connectivity index (χ1n) is 5.52. The summed E-state index contributed by atoms with van der Waals surface area (Å²) >= 11 is 5.95. The van der Waals surface area contributed by atoms with Gasteiger partial charge in [0.25, 0.3) is 0 Å². The summed E-state index contributed by atoms with van der Waals surface area (Å²) < 4.78 is 6.42. The molecule has 0 rings (SSSR count). The van der Waals surface area contributed by atoms with Gasteiger partial charge in [-0.3, -0.25) is 0 Å². The average molecular weight is 266 g/mol. The van der Waals surface area contributed by atoms with Gasteiger partial charge in [0.05, 0.1) is 6.26 Å². The van der Waals surface area contributed by atoms with Crippen molar-refractivity contribution in [2.45, 2.75) is 71.5 Å². The fourth-order valence-corrected chi connectivity index (χ4v) is 11.0. The van der Waals surface area contributed by atoms with Crippen LogP contribution in [-0.2, 0) is 16.0 Å². The van der Waals surface area contributed by atoms with Crippen LogP contribution in [0.3, 0.4) is 0 Å². The highest BCUT2D eigenvalue weighted by atomic mass is 32.4. The van der Waals surface area contributed by atoms with Gasteiger partial charge in [0.1, 0.15) is 0 Å². The molecule has 15 heavy (non-hydrogen) atoms. The van der Waals surface area contributed by atoms with Crippen LogP contribution in [0.25, 0.3) is 0 Å². The molecule has 0 aliphatic heterocycles. The lowest BCUT2D eigenvalue weighted by Gasteiger charge is -2.47. The normalized spacial score (nSPS) is 15.5. The van der Waals surface area contributed by atoms with Crippen molar-refractivity contribution < 1.29 is 4.21 Å². The van der Waals surface area contributed by atoms with Gasteiger partial charge in [-0.05, 0) is 19.6 Å². The minimum absolute atomic E-state index is 0.0842. The quantitative estimate of drug-likeness (QED) is 0.523. The topological polar surface area (TPSA) is 9.23 Å². The van der Waals surface area contributed by atoms with E-state index in [2.05, 4.69) is 61.2 Å². The molecule has 0 heterocycles. The molecule has 0 amide bonds. The van der Waals surface area contributed by atoms with Gasteiger partial charge in [0.15, 0.2) is 8.32 Å². The predicted octanol–water partition coefficient (Wildman–Crippen LogP) is 4.83. The van der Waals surface area contributed by atoms with E-state index >= 15 is 0 Å². The fraction of sp³-hybridized carbons (Fsp3) is 1.00. The van der Waals surface area contributed by atoms with Crippen molar-refractivity contribution in [1.82, 2.24) is 0 Å². The minimum atomic E-state index is -1.81. The highest BCUT2D eigenvalue weighted by Gasteiger charge is 2.45. The zero-order valence-electron chi connectivity index (χ0n) is 11.8. The molecule has 0 atom stereocenters. The van der Waals surface area contributed by atoms with E-state index in [4.69, 9.17) is 16.0 Å². The maximum absolute atomic E-state index is 6.42. The van der Waals surface area contributed by atoms with Gasteiger partial charge in [-0.25, -0.2) is 0 Å². The molecule has 0 aromatic heterocycles. The minimum Gasteiger partial charge on any atom is -0.389 e. The Morgan fingerprint density at radius 2 is 1.13 bits per heavy atom. The van der Waals surface area contributed by atoms with Crippen LogP contribution in [0.2, 0.25) is 19.6 Å². The van der Waals surface area contributed by atoms with Crippen molar-refractivity contribution in [2.24, 2.45) is 0 Å². The smallest absolute Gasteiger partial charge is 0.189 e. The van der Waals surface area contributed by atoms with Crippen molar-refractivity contribution in [3.8, 4) is 0 Å². The second kappa shape index (κ2) is 4.25. The Bertz CT molecular complexity index is 250. The van der Waals surface area contributed by atoms with Crippen LogP contribution in [0.4, 0.5) is 0 Å². The summed E-state index contributed by atoms with van der Waals surface area (Å²) in [6.45, 7) is 20.0. The molecule has 4 heteroatoms. The van der Waals surface area contributed by atoms with Gasteiger partial charge >= 0.3 is 0 Å². The molecule has 0 saturated heterocycles. The van der Waals surface area contributed by atoms with Crippen LogP contribution < -0.4 is 0 Å². The maximum atomic E-state index is 6.42. The van der Waals surface area contributed by atoms with Crippen LogP contribution in [0.15, 0.2) is 0 Å². The van der Waals surface area contributed by atoms with E-state index in [0.29, 0.717) is 0 Å². The Morgan fingerprint density at radius 1 is 0.867 bits per heavy atom. The molecule has 0 unspecified atom stereocenters. The first kappa shape index (κ1) is 15.8. The van der Waals surface area contributed by atoms with E-state index in [0.717, 1.165) is 0 Å². The van der Waals surface area contributed by atoms with Crippen molar-refractivity contribution in [1.29, 1.82) is 0 Å². The summed E-state index contributed by atoms with van der Waals surface area (Å²) in [5.41, 5.74) is 0. The third-order valence-corrected chi connectivity index (χ3v) is 12.9. The van der Waals surface area contributed by atoms with Crippen molar-refractivity contribution in [2.75, 3.05) is 0 Å². The summed E-state index contributed by atoms with van der Waals surface area (Å²) in [4.78, 5) is 0. The van der Waals surface area contributed by atoms with E-state index in [1.165, 1.54) is 0 Å². The van der Waals surface area contributed by atoms with Crippen molar-refractivity contribution in [3.05, 3.63) is 0 Å². The lowest BCUT2D eigenvalue weighted by Crippen LogP contribution is -2.36. The van der Waals surface area contributed by atoms with E-state index in [9.17, 15) is 0 Å². The van der Waals surface area contributed by atoms with Crippen LogP contribution in [0.5, 0.6) is 0 Å². The van der Waals surface area contributed by atoms with Crippen molar-refractivity contribution in [3.63, 3.8) is 0 Å². The molecule has 0 bridgehead atoms. The third-order valence-electron chi connectivity index (χ3n) is 2.17.